The topological polar surface area (TPSA) is 92.8 Å². The van der Waals surface area contributed by atoms with E-state index in [2.05, 4.69) is 25.5 Å². The van der Waals surface area contributed by atoms with Crippen LogP contribution in [0.15, 0.2) is 29.2 Å². The van der Waals surface area contributed by atoms with Crippen LogP contribution in [0.3, 0.4) is 0 Å². The Morgan fingerprint density at radius 1 is 1.17 bits per heavy atom. The highest BCUT2D eigenvalue weighted by Gasteiger charge is 2.50. The van der Waals surface area contributed by atoms with Gasteiger partial charge < -0.3 is 9.64 Å². The molecule has 2 fully saturated rings. The number of fused-ring (bicyclic) bond motifs is 2. The van der Waals surface area contributed by atoms with Gasteiger partial charge in [-0.3, -0.25) is 9.59 Å². The number of likely N-dealkylation sites (tertiary alicyclic amines) is 1. The molecule has 2 unspecified atom stereocenters. The number of sulfonamides is 1. The van der Waals surface area contributed by atoms with Gasteiger partial charge in [-0.1, -0.05) is 38.5 Å². The van der Waals surface area contributed by atoms with E-state index in [0.29, 0.717) is 6.54 Å². The Balaban J connectivity index is 1.50. The lowest BCUT2D eigenvalue weighted by Gasteiger charge is -2.39. The molecule has 1 saturated carbocycles. The SMILES string of the molecule is Cc1ccc(S(=O)(=O)NCC(=O)OCC(=O)N2CC3(C)CC2CC(C)(C)C3)cc1. The fraction of sp³-hybridized carbons (Fsp3) is 0.619. The molecule has 1 aliphatic carbocycles. The van der Waals surface area contributed by atoms with Gasteiger partial charge >= 0.3 is 5.97 Å². The molecule has 160 valence electrons. The number of hydrogen-bond acceptors (Lipinski definition) is 5. The maximum atomic E-state index is 12.6. The lowest BCUT2D eigenvalue weighted by atomic mass is 9.65. The number of aryl methyl sites for hydroxylation is 1. The lowest BCUT2D eigenvalue weighted by molar-refractivity contribution is -0.151. The summed E-state index contributed by atoms with van der Waals surface area (Å²) < 4.78 is 31.7. The van der Waals surface area contributed by atoms with Crippen LogP contribution >= 0.6 is 0 Å². The van der Waals surface area contributed by atoms with Crippen LogP contribution in [0.25, 0.3) is 0 Å². The highest BCUT2D eigenvalue weighted by atomic mass is 32.2. The third-order valence-electron chi connectivity index (χ3n) is 5.83. The molecule has 3 rings (SSSR count). The van der Waals surface area contributed by atoms with Gasteiger partial charge in [0.2, 0.25) is 10.0 Å². The van der Waals surface area contributed by atoms with Crippen molar-refractivity contribution in [1.82, 2.24) is 9.62 Å². The molecule has 1 amide bonds. The number of ether oxygens (including phenoxy) is 1. The molecule has 2 atom stereocenters. The second-order valence-corrected chi connectivity index (χ2v) is 11.3. The Labute approximate surface area is 172 Å². The first-order valence-electron chi connectivity index (χ1n) is 9.91. The molecule has 1 aromatic rings. The van der Waals surface area contributed by atoms with Crippen LogP contribution in [0.2, 0.25) is 0 Å². The number of rotatable bonds is 6. The number of amides is 1. The maximum absolute atomic E-state index is 12.6. The Bertz CT molecular complexity index is 894. The highest BCUT2D eigenvalue weighted by molar-refractivity contribution is 7.89. The minimum absolute atomic E-state index is 0.0761. The molecule has 1 saturated heterocycles. The van der Waals surface area contributed by atoms with Crippen LogP contribution in [-0.2, 0) is 24.3 Å². The summed E-state index contributed by atoms with van der Waals surface area (Å²) in [4.78, 5) is 26.5. The summed E-state index contributed by atoms with van der Waals surface area (Å²) in [5.74, 6) is -0.992. The summed E-state index contributed by atoms with van der Waals surface area (Å²) in [6, 6.07) is 6.48. The smallest absolute Gasteiger partial charge is 0.321 e. The van der Waals surface area contributed by atoms with Gasteiger partial charge in [0.25, 0.3) is 5.91 Å². The number of hydrogen-bond donors (Lipinski definition) is 1. The minimum Gasteiger partial charge on any atom is -0.455 e. The van der Waals surface area contributed by atoms with Crippen molar-refractivity contribution in [3.8, 4) is 0 Å². The van der Waals surface area contributed by atoms with E-state index >= 15 is 0 Å². The van der Waals surface area contributed by atoms with E-state index in [1.54, 1.807) is 12.1 Å². The molecule has 8 heteroatoms. The van der Waals surface area contributed by atoms with E-state index in [-0.39, 0.29) is 34.3 Å². The van der Waals surface area contributed by atoms with Crippen LogP contribution in [0, 0.1) is 17.8 Å². The monoisotopic (exact) mass is 422 g/mol. The number of nitrogens with one attached hydrogen (secondary N) is 1. The number of esters is 1. The molecule has 29 heavy (non-hydrogen) atoms. The van der Waals surface area contributed by atoms with Gasteiger partial charge in [0, 0.05) is 12.6 Å². The average Bonchev–Trinajstić information content (AvgIpc) is 2.87. The zero-order valence-corrected chi connectivity index (χ0v) is 18.3. The fourth-order valence-electron chi connectivity index (χ4n) is 4.98. The van der Waals surface area contributed by atoms with Gasteiger partial charge in [-0.25, -0.2) is 8.42 Å². The predicted octanol–water partition coefficient (Wildman–Crippen LogP) is 2.24. The Morgan fingerprint density at radius 2 is 1.83 bits per heavy atom. The van der Waals surface area contributed by atoms with Crippen LogP contribution < -0.4 is 4.72 Å². The quantitative estimate of drug-likeness (QED) is 0.710. The van der Waals surface area contributed by atoms with Crippen LogP contribution in [0.1, 0.15) is 45.6 Å². The molecule has 0 aromatic heterocycles. The summed E-state index contributed by atoms with van der Waals surface area (Å²) in [6.45, 7) is 8.32. The van der Waals surface area contributed by atoms with E-state index in [1.807, 2.05) is 11.8 Å². The summed E-state index contributed by atoms with van der Waals surface area (Å²) in [6.07, 6.45) is 2.99. The number of benzene rings is 1. The molecule has 2 bridgehead atoms. The summed E-state index contributed by atoms with van der Waals surface area (Å²) in [5, 5.41) is 0. The van der Waals surface area contributed by atoms with Gasteiger partial charge in [0.15, 0.2) is 6.61 Å². The molecule has 1 heterocycles. The van der Waals surface area contributed by atoms with E-state index in [1.165, 1.54) is 12.1 Å². The second kappa shape index (κ2) is 7.72. The summed E-state index contributed by atoms with van der Waals surface area (Å²) >= 11 is 0. The van der Waals surface area contributed by atoms with Crippen molar-refractivity contribution < 1.29 is 22.7 Å². The number of carbonyl (C=O) groups is 2. The van der Waals surface area contributed by atoms with Crippen LogP contribution in [-0.4, -0.2) is 50.9 Å². The Kier molecular flexibility index (Phi) is 5.80. The molecule has 1 N–H and O–H groups in total. The van der Waals surface area contributed by atoms with E-state index in [9.17, 15) is 18.0 Å². The van der Waals surface area contributed by atoms with E-state index in [0.717, 1.165) is 24.8 Å². The van der Waals surface area contributed by atoms with Crippen molar-refractivity contribution in [3.63, 3.8) is 0 Å². The summed E-state index contributed by atoms with van der Waals surface area (Å²) in [7, 11) is -3.81. The van der Waals surface area contributed by atoms with E-state index in [4.69, 9.17) is 4.74 Å². The highest BCUT2D eigenvalue weighted by Crippen LogP contribution is 2.52. The van der Waals surface area contributed by atoms with Gasteiger partial charge in [-0.2, -0.15) is 4.72 Å². The lowest BCUT2D eigenvalue weighted by Crippen LogP contribution is -2.40. The van der Waals surface area contributed by atoms with Crippen LogP contribution in [0.5, 0.6) is 0 Å². The molecule has 0 spiro atoms. The van der Waals surface area contributed by atoms with Crippen molar-refractivity contribution in [2.24, 2.45) is 10.8 Å². The molecule has 1 aromatic carbocycles. The minimum atomic E-state index is -3.81. The van der Waals surface area contributed by atoms with Gasteiger partial charge in [-0.05, 0) is 49.1 Å². The Hall–Kier alpha value is -1.93. The standard InChI is InChI=1S/C21H30N2O5S/c1-15-5-7-17(8-6-15)29(26,27)22-11-19(25)28-12-18(24)23-14-21(4)10-16(23)9-20(2,3)13-21/h5-8,16,22H,9-14H2,1-4H3. The molecule has 0 radical (unpaired) electrons. The molecular formula is C21H30N2O5S. The van der Waals surface area contributed by atoms with Crippen molar-refractivity contribution >= 4 is 21.9 Å². The second-order valence-electron chi connectivity index (χ2n) is 9.53. The average molecular weight is 423 g/mol. The first-order valence-corrected chi connectivity index (χ1v) is 11.4. The van der Waals surface area contributed by atoms with Crippen LogP contribution in [0.4, 0.5) is 0 Å². The zero-order valence-electron chi connectivity index (χ0n) is 17.5. The first-order chi connectivity index (χ1) is 13.4. The normalized spacial score (nSPS) is 25.7. The molecular weight excluding hydrogens is 392 g/mol. The summed E-state index contributed by atoms with van der Waals surface area (Å²) in [5.41, 5.74) is 1.23. The maximum Gasteiger partial charge on any atom is 0.321 e. The third kappa shape index (κ3) is 5.17. The number of nitrogens with zero attached hydrogens (tertiary/aromatic N) is 1. The van der Waals surface area contributed by atoms with Crippen molar-refractivity contribution in [2.75, 3.05) is 19.7 Å². The Morgan fingerprint density at radius 3 is 2.48 bits per heavy atom. The molecule has 7 nitrogen and oxygen atoms in total. The molecule has 2 aliphatic rings. The largest absolute Gasteiger partial charge is 0.455 e. The van der Waals surface area contributed by atoms with E-state index < -0.39 is 22.5 Å². The van der Waals surface area contributed by atoms with Crippen molar-refractivity contribution in [1.29, 1.82) is 0 Å². The predicted molar refractivity (Wildman–Crippen MR) is 109 cm³/mol. The first kappa shape index (κ1) is 21.8. The van der Waals surface area contributed by atoms with Crippen molar-refractivity contribution in [3.05, 3.63) is 29.8 Å². The van der Waals surface area contributed by atoms with Gasteiger partial charge in [0.05, 0.1) is 4.90 Å². The van der Waals surface area contributed by atoms with Gasteiger partial charge in [0.1, 0.15) is 6.54 Å². The number of carbonyl (C=O) groups excluding carboxylic acids is 2. The van der Waals surface area contributed by atoms with Gasteiger partial charge in [-0.15, -0.1) is 0 Å². The fourth-order valence-corrected chi connectivity index (χ4v) is 5.95. The van der Waals surface area contributed by atoms with Crippen molar-refractivity contribution in [2.45, 2.75) is 57.9 Å². The third-order valence-corrected chi connectivity index (χ3v) is 7.25. The zero-order chi connectivity index (χ0) is 21.4. The molecule has 1 aliphatic heterocycles.